The second kappa shape index (κ2) is 3.13. The first-order valence-electron chi connectivity index (χ1n) is 4.74. The highest BCUT2D eigenvalue weighted by Crippen LogP contribution is 2.34. The molecule has 0 amide bonds. The third-order valence-electron chi connectivity index (χ3n) is 2.60. The van der Waals surface area contributed by atoms with Gasteiger partial charge in [0, 0.05) is 5.41 Å². The second-order valence-corrected chi connectivity index (χ2v) is 5.03. The molecule has 0 fully saturated rings. The molecular formula is C12H18O. The number of carbonyl (C=O) groups is 1. The van der Waals surface area contributed by atoms with E-state index in [4.69, 9.17) is 0 Å². The van der Waals surface area contributed by atoms with Gasteiger partial charge in [0.25, 0.3) is 0 Å². The van der Waals surface area contributed by atoms with Gasteiger partial charge < -0.3 is 4.79 Å². The van der Waals surface area contributed by atoms with E-state index in [0.29, 0.717) is 0 Å². The Bertz CT molecular complexity index is 267. The van der Waals surface area contributed by atoms with Gasteiger partial charge in [-0.3, -0.25) is 0 Å². The van der Waals surface area contributed by atoms with Crippen molar-refractivity contribution in [2.75, 3.05) is 0 Å². The van der Waals surface area contributed by atoms with Crippen LogP contribution >= 0.6 is 0 Å². The minimum atomic E-state index is -0.326. The topological polar surface area (TPSA) is 17.1 Å². The van der Waals surface area contributed by atoms with Crippen LogP contribution in [0.15, 0.2) is 23.8 Å². The molecule has 0 saturated carbocycles. The second-order valence-electron chi connectivity index (χ2n) is 5.03. The molecule has 0 aromatic rings. The van der Waals surface area contributed by atoms with Crippen molar-refractivity contribution in [2.24, 2.45) is 10.8 Å². The summed E-state index contributed by atoms with van der Waals surface area (Å²) in [5.74, 6) is 0. The first-order chi connectivity index (χ1) is 5.87. The summed E-state index contributed by atoms with van der Waals surface area (Å²) in [5.41, 5.74) is 1.07. The fraction of sp³-hybridized carbons (Fsp3) is 0.583. The van der Waals surface area contributed by atoms with Gasteiger partial charge in [-0.25, -0.2) is 0 Å². The molecule has 0 aliphatic heterocycles. The Labute approximate surface area is 80.5 Å². The normalized spacial score (nSPS) is 21.1. The molecule has 1 nitrogen and oxygen atoms in total. The van der Waals surface area contributed by atoms with Crippen molar-refractivity contribution in [1.29, 1.82) is 0 Å². The van der Waals surface area contributed by atoms with Crippen molar-refractivity contribution in [3.8, 4) is 0 Å². The molecule has 0 unspecified atom stereocenters. The van der Waals surface area contributed by atoms with E-state index in [1.54, 1.807) is 0 Å². The van der Waals surface area contributed by atoms with Gasteiger partial charge in [-0.05, 0) is 31.3 Å². The van der Waals surface area contributed by atoms with E-state index >= 15 is 0 Å². The number of hydrogen-bond acceptors (Lipinski definition) is 1. The number of aldehydes is 1. The van der Waals surface area contributed by atoms with E-state index in [9.17, 15) is 4.79 Å². The summed E-state index contributed by atoms with van der Waals surface area (Å²) in [4.78, 5) is 10.8. The van der Waals surface area contributed by atoms with Gasteiger partial charge >= 0.3 is 0 Å². The Kier molecular flexibility index (Phi) is 2.47. The zero-order valence-electron chi connectivity index (χ0n) is 8.92. The Morgan fingerprint density at radius 2 is 2.08 bits per heavy atom. The Balaban J connectivity index is 2.84. The highest BCUT2D eigenvalue weighted by Gasteiger charge is 2.25. The lowest BCUT2D eigenvalue weighted by Gasteiger charge is -2.27. The van der Waals surface area contributed by atoms with Crippen LogP contribution in [0.5, 0.6) is 0 Å². The Morgan fingerprint density at radius 1 is 1.46 bits per heavy atom. The summed E-state index contributed by atoms with van der Waals surface area (Å²) < 4.78 is 0. The molecular weight excluding hydrogens is 160 g/mol. The minimum absolute atomic E-state index is 0.252. The van der Waals surface area contributed by atoms with Gasteiger partial charge in [0.15, 0.2) is 0 Å². The lowest BCUT2D eigenvalue weighted by molar-refractivity contribution is -0.113. The van der Waals surface area contributed by atoms with Crippen molar-refractivity contribution in [3.63, 3.8) is 0 Å². The molecule has 0 bridgehead atoms. The van der Waals surface area contributed by atoms with Gasteiger partial charge in [0.05, 0.1) is 0 Å². The van der Waals surface area contributed by atoms with Crippen LogP contribution < -0.4 is 0 Å². The smallest absolute Gasteiger partial charge is 0.129 e. The largest absolute Gasteiger partial charge is 0.302 e. The fourth-order valence-electron chi connectivity index (χ4n) is 1.37. The monoisotopic (exact) mass is 178 g/mol. The van der Waals surface area contributed by atoms with Crippen molar-refractivity contribution in [3.05, 3.63) is 23.8 Å². The zero-order chi connectivity index (χ0) is 10.1. The highest BCUT2D eigenvalue weighted by molar-refractivity contribution is 5.65. The van der Waals surface area contributed by atoms with Crippen LogP contribution in [-0.2, 0) is 4.79 Å². The number of carbonyl (C=O) groups excluding carboxylic acids is 1. The molecule has 0 atom stereocenters. The molecule has 0 aromatic carbocycles. The predicted molar refractivity (Wildman–Crippen MR) is 55.5 cm³/mol. The van der Waals surface area contributed by atoms with E-state index in [-0.39, 0.29) is 10.8 Å². The standard InChI is InChI=1S/C12H18O/c1-11(2)7-5-10(6-8-11)12(3,4)9-13/h5-7,9H,8H2,1-4H3. The van der Waals surface area contributed by atoms with Crippen LogP contribution in [0.2, 0.25) is 0 Å². The van der Waals surface area contributed by atoms with Crippen LogP contribution in [0.4, 0.5) is 0 Å². The molecule has 0 saturated heterocycles. The van der Waals surface area contributed by atoms with Gasteiger partial charge in [-0.1, -0.05) is 32.1 Å². The number of hydrogen-bond donors (Lipinski definition) is 0. The van der Waals surface area contributed by atoms with E-state index in [0.717, 1.165) is 18.3 Å². The zero-order valence-corrected chi connectivity index (χ0v) is 8.92. The average molecular weight is 178 g/mol. The van der Waals surface area contributed by atoms with E-state index < -0.39 is 0 Å². The molecule has 0 N–H and O–H groups in total. The SMILES string of the molecule is CC1(C)C=CC(C(C)(C)C=O)=CC1. The first-order valence-corrected chi connectivity index (χ1v) is 4.74. The lowest BCUT2D eigenvalue weighted by atomic mass is 9.77. The molecule has 0 radical (unpaired) electrons. The minimum Gasteiger partial charge on any atom is -0.302 e. The van der Waals surface area contributed by atoms with Crippen LogP contribution in [0.25, 0.3) is 0 Å². The Hall–Kier alpha value is -0.850. The van der Waals surface area contributed by atoms with Gasteiger partial charge in [0.2, 0.25) is 0 Å². The average Bonchev–Trinajstić information content (AvgIpc) is 2.04. The molecule has 1 heteroatoms. The van der Waals surface area contributed by atoms with Crippen LogP contribution in [0.3, 0.4) is 0 Å². The van der Waals surface area contributed by atoms with Crippen molar-refractivity contribution < 1.29 is 4.79 Å². The molecule has 0 aromatic heterocycles. The summed E-state index contributed by atoms with van der Waals surface area (Å²) in [6, 6.07) is 0. The predicted octanol–water partition coefficient (Wildman–Crippen LogP) is 3.12. The summed E-state index contributed by atoms with van der Waals surface area (Å²) >= 11 is 0. The third kappa shape index (κ3) is 2.30. The lowest BCUT2D eigenvalue weighted by Crippen LogP contribution is -2.19. The van der Waals surface area contributed by atoms with E-state index in [2.05, 4.69) is 32.1 Å². The van der Waals surface area contributed by atoms with E-state index in [1.165, 1.54) is 0 Å². The molecule has 1 aliphatic carbocycles. The Morgan fingerprint density at radius 3 is 2.46 bits per heavy atom. The first kappa shape index (κ1) is 10.2. The molecule has 72 valence electrons. The van der Waals surface area contributed by atoms with Crippen LogP contribution in [-0.4, -0.2) is 6.29 Å². The van der Waals surface area contributed by atoms with Crippen molar-refractivity contribution in [2.45, 2.75) is 34.1 Å². The van der Waals surface area contributed by atoms with Crippen LogP contribution in [0, 0.1) is 10.8 Å². The van der Waals surface area contributed by atoms with Gasteiger partial charge in [-0.2, -0.15) is 0 Å². The van der Waals surface area contributed by atoms with Gasteiger partial charge in [0.1, 0.15) is 6.29 Å². The fourth-order valence-corrected chi connectivity index (χ4v) is 1.37. The number of rotatable bonds is 2. The van der Waals surface area contributed by atoms with Crippen molar-refractivity contribution >= 4 is 6.29 Å². The maximum absolute atomic E-state index is 10.8. The maximum atomic E-state index is 10.8. The summed E-state index contributed by atoms with van der Waals surface area (Å²) in [6.07, 6.45) is 8.48. The molecule has 0 heterocycles. The summed E-state index contributed by atoms with van der Waals surface area (Å²) in [6.45, 7) is 8.30. The maximum Gasteiger partial charge on any atom is 0.129 e. The van der Waals surface area contributed by atoms with Crippen molar-refractivity contribution in [1.82, 2.24) is 0 Å². The number of allylic oxidation sites excluding steroid dienone is 4. The molecule has 0 spiro atoms. The molecule has 1 aliphatic rings. The quantitative estimate of drug-likeness (QED) is 0.594. The van der Waals surface area contributed by atoms with Gasteiger partial charge in [-0.15, -0.1) is 0 Å². The molecule has 13 heavy (non-hydrogen) atoms. The van der Waals surface area contributed by atoms with E-state index in [1.807, 2.05) is 13.8 Å². The summed E-state index contributed by atoms with van der Waals surface area (Å²) in [7, 11) is 0. The third-order valence-corrected chi connectivity index (χ3v) is 2.60. The molecule has 1 rings (SSSR count). The van der Waals surface area contributed by atoms with Crippen LogP contribution in [0.1, 0.15) is 34.1 Å². The summed E-state index contributed by atoms with van der Waals surface area (Å²) in [5, 5.41) is 0. The highest BCUT2D eigenvalue weighted by atomic mass is 16.1.